The van der Waals surface area contributed by atoms with Crippen LogP contribution in [0.15, 0.2) is 54.6 Å². The van der Waals surface area contributed by atoms with Gasteiger partial charge in [0.1, 0.15) is 0 Å². The SMILES string of the molecule is CO[C@H](CNC(=O)CCN1C(=O)c2ccccc2C1=O)c1ccccc1. The van der Waals surface area contributed by atoms with Crippen molar-refractivity contribution in [3.8, 4) is 0 Å². The molecule has 2 aromatic rings. The number of nitrogens with zero attached hydrogens (tertiary/aromatic N) is 1. The van der Waals surface area contributed by atoms with E-state index in [0.717, 1.165) is 10.5 Å². The van der Waals surface area contributed by atoms with Gasteiger partial charge in [0.05, 0.1) is 17.2 Å². The fourth-order valence-electron chi connectivity index (χ4n) is 2.96. The maximum absolute atomic E-state index is 12.3. The predicted octanol–water partition coefficient (Wildman–Crippen LogP) is 2.18. The molecule has 6 nitrogen and oxygen atoms in total. The molecule has 1 heterocycles. The lowest BCUT2D eigenvalue weighted by atomic mass is 10.1. The lowest BCUT2D eigenvalue weighted by Crippen LogP contribution is -2.35. The fraction of sp³-hybridized carbons (Fsp3) is 0.250. The molecule has 1 aliphatic heterocycles. The third-order valence-electron chi connectivity index (χ3n) is 4.38. The second-order valence-corrected chi connectivity index (χ2v) is 6.00. The quantitative estimate of drug-likeness (QED) is 0.775. The van der Waals surface area contributed by atoms with Crippen molar-refractivity contribution in [3.63, 3.8) is 0 Å². The van der Waals surface area contributed by atoms with E-state index in [0.29, 0.717) is 17.7 Å². The van der Waals surface area contributed by atoms with Crippen LogP contribution in [0.2, 0.25) is 0 Å². The van der Waals surface area contributed by atoms with E-state index in [2.05, 4.69) is 5.32 Å². The van der Waals surface area contributed by atoms with Crippen molar-refractivity contribution in [2.75, 3.05) is 20.2 Å². The molecule has 0 fully saturated rings. The summed E-state index contributed by atoms with van der Waals surface area (Å²) in [6, 6.07) is 16.3. The summed E-state index contributed by atoms with van der Waals surface area (Å²) in [7, 11) is 1.59. The molecule has 134 valence electrons. The van der Waals surface area contributed by atoms with Crippen molar-refractivity contribution in [2.45, 2.75) is 12.5 Å². The molecule has 1 atom stereocenters. The normalized spacial score (nSPS) is 14.3. The molecule has 0 spiro atoms. The summed E-state index contributed by atoms with van der Waals surface area (Å²) in [6.07, 6.45) is -0.198. The van der Waals surface area contributed by atoms with Gasteiger partial charge in [0, 0.05) is 26.6 Å². The van der Waals surface area contributed by atoms with Crippen LogP contribution in [-0.2, 0) is 9.53 Å². The first kappa shape index (κ1) is 17.8. The molecule has 0 unspecified atom stereocenters. The highest BCUT2D eigenvalue weighted by molar-refractivity contribution is 6.21. The standard InChI is InChI=1S/C20H20N2O4/c1-26-17(14-7-3-2-4-8-14)13-21-18(23)11-12-22-19(24)15-9-5-6-10-16(15)20(22)25/h2-10,17H,11-13H2,1H3,(H,21,23)/t17-/m1/s1. The van der Waals surface area contributed by atoms with E-state index >= 15 is 0 Å². The minimum Gasteiger partial charge on any atom is -0.375 e. The fourth-order valence-corrected chi connectivity index (χ4v) is 2.96. The van der Waals surface area contributed by atoms with Crippen molar-refractivity contribution in [3.05, 3.63) is 71.3 Å². The molecular weight excluding hydrogens is 332 g/mol. The molecule has 3 rings (SSSR count). The summed E-state index contributed by atoms with van der Waals surface area (Å²) >= 11 is 0. The van der Waals surface area contributed by atoms with E-state index in [4.69, 9.17) is 4.74 Å². The summed E-state index contributed by atoms with van der Waals surface area (Å²) in [4.78, 5) is 37.8. The molecule has 0 radical (unpaired) electrons. The second-order valence-electron chi connectivity index (χ2n) is 6.00. The van der Waals surface area contributed by atoms with Crippen molar-refractivity contribution in [1.29, 1.82) is 0 Å². The summed E-state index contributed by atoms with van der Waals surface area (Å²) in [5.41, 5.74) is 1.75. The molecule has 1 N–H and O–H groups in total. The molecule has 6 heteroatoms. The number of fused-ring (bicyclic) bond motifs is 1. The zero-order valence-corrected chi connectivity index (χ0v) is 14.5. The Morgan fingerprint density at radius 1 is 1.00 bits per heavy atom. The van der Waals surface area contributed by atoms with Gasteiger partial charge in [0.25, 0.3) is 11.8 Å². The number of benzene rings is 2. The lowest BCUT2D eigenvalue weighted by molar-refractivity contribution is -0.121. The van der Waals surface area contributed by atoms with Crippen molar-refractivity contribution >= 4 is 17.7 Å². The highest BCUT2D eigenvalue weighted by Gasteiger charge is 2.34. The number of nitrogens with one attached hydrogen (secondary N) is 1. The van der Waals surface area contributed by atoms with Gasteiger partial charge in [-0.2, -0.15) is 0 Å². The largest absolute Gasteiger partial charge is 0.375 e. The zero-order chi connectivity index (χ0) is 18.5. The van der Waals surface area contributed by atoms with Crippen LogP contribution >= 0.6 is 0 Å². The smallest absolute Gasteiger partial charge is 0.261 e. The van der Waals surface area contributed by atoms with Gasteiger partial charge in [-0.25, -0.2) is 0 Å². The van der Waals surface area contributed by atoms with Crippen LogP contribution in [0.4, 0.5) is 0 Å². The van der Waals surface area contributed by atoms with E-state index in [1.54, 1.807) is 31.4 Å². The molecule has 26 heavy (non-hydrogen) atoms. The number of imide groups is 1. The number of amides is 3. The van der Waals surface area contributed by atoms with Gasteiger partial charge >= 0.3 is 0 Å². The topological polar surface area (TPSA) is 75.7 Å². The average molecular weight is 352 g/mol. The average Bonchev–Trinajstić information content (AvgIpc) is 2.92. The Kier molecular flexibility index (Phi) is 5.43. The zero-order valence-electron chi connectivity index (χ0n) is 14.5. The van der Waals surface area contributed by atoms with Crippen LogP contribution in [0.5, 0.6) is 0 Å². The summed E-state index contributed by atoms with van der Waals surface area (Å²) in [5.74, 6) is -0.936. The van der Waals surface area contributed by atoms with Gasteiger partial charge in [-0.15, -0.1) is 0 Å². The van der Waals surface area contributed by atoms with Gasteiger partial charge in [-0.3, -0.25) is 19.3 Å². The first-order chi connectivity index (χ1) is 12.6. The number of hydrogen-bond donors (Lipinski definition) is 1. The van der Waals surface area contributed by atoms with Gasteiger partial charge < -0.3 is 10.1 Å². The van der Waals surface area contributed by atoms with Crippen LogP contribution in [0.1, 0.15) is 38.8 Å². The van der Waals surface area contributed by atoms with Crippen LogP contribution in [-0.4, -0.2) is 42.8 Å². The second kappa shape index (κ2) is 7.93. The monoisotopic (exact) mass is 352 g/mol. The van der Waals surface area contributed by atoms with Crippen LogP contribution < -0.4 is 5.32 Å². The van der Waals surface area contributed by atoms with E-state index in [9.17, 15) is 14.4 Å². The summed E-state index contributed by atoms with van der Waals surface area (Å²) in [6.45, 7) is 0.378. The Balaban J connectivity index is 1.52. The minimum absolute atomic E-state index is 0.0523. The molecule has 1 aliphatic rings. The Morgan fingerprint density at radius 2 is 1.58 bits per heavy atom. The summed E-state index contributed by atoms with van der Waals surface area (Å²) < 4.78 is 5.41. The van der Waals surface area contributed by atoms with Crippen molar-refractivity contribution in [1.82, 2.24) is 10.2 Å². The van der Waals surface area contributed by atoms with E-state index in [1.165, 1.54) is 0 Å². The first-order valence-corrected chi connectivity index (χ1v) is 8.41. The maximum Gasteiger partial charge on any atom is 0.261 e. The van der Waals surface area contributed by atoms with E-state index < -0.39 is 0 Å². The number of hydrogen-bond acceptors (Lipinski definition) is 4. The van der Waals surface area contributed by atoms with Crippen LogP contribution in [0.25, 0.3) is 0 Å². The lowest BCUT2D eigenvalue weighted by Gasteiger charge is -2.17. The molecular formula is C20H20N2O4. The van der Waals surface area contributed by atoms with Crippen molar-refractivity contribution in [2.24, 2.45) is 0 Å². The third-order valence-corrected chi connectivity index (χ3v) is 4.38. The summed E-state index contributed by atoms with van der Waals surface area (Å²) in [5, 5.41) is 2.79. The van der Waals surface area contributed by atoms with Gasteiger partial charge in [0.15, 0.2) is 0 Å². The molecule has 0 bridgehead atoms. The highest BCUT2D eigenvalue weighted by Crippen LogP contribution is 2.22. The number of ether oxygens (including phenoxy) is 1. The van der Waals surface area contributed by atoms with E-state index in [-0.39, 0.29) is 36.8 Å². The predicted molar refractivity (Wildman–Crippen MR) is 95.6 cm³/mol. The minimum atomic E-state index is -0.350. The molecule has 0 aromatic heterocycles. The molecule has 0 saturated heterocycles. The Hall–Kier alpha value is -2.99. The third kappa shape index (κ3) is 3.65. The van der Waals surface area contributed by atoms with E-state index in [1.807, 2.05) is 30.3 Å². The van der Waals surface area contributed by atoms with Gasteiger partial charge in [-0.05, 0) is 17.7 Å². The van der Waals surface area contributed by atoms with Crippen LogP contribution in [0, 0.1) is 0 Å². The van der Waals surface area contributed by atoms with Crippen molar-refractivity contribution < 1.29 is 19.1 Å². The molecule has 3 amide bonds. The first-order valence-electron chi connectivity index (χ1n) is 8.41. The number of methoxy groups -OCH3 is 1. The maximum atomic E-state index is 12.3. The molecule has 2 aromatic carbocycles. The van der Waals surface area contributed by atoms with Gasteiger partial charge in [0.2, 0.25) is 5.91 Å². The molecule has 0 aliphatic carbocycles. The van der Waals surface area contributed by atoms with Gasteiger partial charge in [-0.1, -0.05) is 42.5 Å². The Bertz CT molecular complexity index is 785. The Morgan fingerprint density at radius 3 is 2.15 bits per heavy atom. The van der Waals surface area contributed by atoms with Crippen LogP contribution in [0.3, 0.4) is 0 Å². The number of rotatable bonds is 7. The highest BCUT2D eigenvalue weighted by atomic mass is 16.5. The Labute approximate surface area is 151 Å². The number of carbonyl (C=O) groups excluding carboxylic acids is 3. The number of carbonyl (C=O) groups is 3. The molecule has 0 saturated carbocycles.